The lowest BCUT2D eigenvalue weighted by Crippen LogP contribution is -2.27. The lowest BCUT2D eigenvalue weighted by Gasteiger charge is -2.15. The summed E-state index contributed by atoms with van der Waals surface area (Å²) in [4.78, 5) is 21.8. The van der Waals surface area contributed by atoms with Crippen LogP contribution in [0.2, 0.25) is 0 Å². The van der Waals surface area contributed by atoms with Crippen molar-refractivity contribution in [2.75, 3.05) is 12.5 Å². The molecule has 0 bridgehead atoms. The molecule has 0 saturated heterocycles. The van der Waals surface area contributed by atoms with Gasteiger partial charge in [-0.05, 0) is 19.1 Å². The summed E-state index contributed by atoms with van der Waals surface area (Å²) < 4.78 is 0. The van der Waals surface area contributed by atoms with Crippen LogP contribution < -0.4 is 11.3 Å². The Balaban J connectivity index is 2.09. The van der Waals surface area contributed by atoms with E-state index in [2.05, 4.69) is 25.6 Å². The van der Waals surface area contributed by atoms with Crippen molar-refractivity contribution in [1.29, 1.82) is 0 Å². The number of amides is 1. The zero-order valence-corrected chi connectivity index (χ0v) is 10.7. The lowest BCUT2D eigenvalue weighted by molar-refractivity contribution is 0.0781. The number of hydrazine groups is 1. The molecule has 0 aliphatic rings. The van der Waals surface area contributed by atoms with Gasteiger partial charge in [0.2, 0.25) is 0 Å². The van der Waals surface area contributed by atoms with E-state index in [1.807, 2.05) is 0 Å². The summed E-state index contributed by atoms with van der Waals surface area (Å²) in [6, 6.07) is 3.21. The van der Waals surface area contributed by atoms with Gasteiger partial charge in [0.05, 0.1) is 6.54 Å². The van der Waals surface area contributed by atoms with Crippen LogP contribution in [0, 0.1) is 6.92 Å². The molecule has 0 radical (unpaired) electrons. The molecule has 0 aliphatic carbocycles. The molecule has 19 heavy (non-hydrogen) atoms. The highest BCUT2D eigenvalue weighted by atomic mass is 16.2. The molecule has 0 atom stereocenters. The topological polar surface area (TPSA) is 113 Å². The fourth-order valence-electron chi connectivity index (χ4n) is 1.61. The fraction of sp³-hybridized carbons (Fsp3) is 0.273. The minimum atomic E-state index is -0.152. The van der Waals surface area contributed by atoms with Gasteiger partial charge in [0.1, 0.15) is 11.6 Å². The largest absolute Gasteiger partial charge is 0.334 e. The Morgan fingerprint density at radius 1 is 1.58 bits per heavy atom. The first kappa shape index (κ1) is 13.0. The van der Waals surface area contributed by atoms with Crippen molar-refractivity contribution < 1.29 is 4.79 Å². The van der Waals surface area contributed by atoms with Crippen LogP contribution in [0.4, 0.5) is 5.82 Å². The number of rotatable bonds is 4. The van der Waals surface area contributed by atoms with Crippen molar-refractivity contribution in [3.05, 3.63) is 35.5 Å². The number of nitrogens with zero attached hydrogens (tertiary/aromatic N) is 4. The molecule has 1 amide bonds. The average Bonchev–Trinajstić information content (AvgIpc) is 2.83. The Hall–Kier alpha value is -2.48. The zero-order valence-electron chi connectivity index (χ0n) is 10.7. The van der Waals surface area contributed by atoms with Gasteiger partial charge in [-0.15, -0.1) is 0 Å². The predicted molar refractivity (Wildman–Crippen MR) is 69.0 cm³/mol. The van der Waals surface area contributed by atoms with Gasteiger partial charge in [0.25, 0.3) is 5.91 Å². The fourth-order valence-corrected chi connectivity index (χ4v) is 1.61. The number of hydrogen-bond acceptors (Lipinski definition) is 6. The van der Waals surface area contributed by atoms with Crippen LogP contribution in [0.15, 0.2) is 18.3 Å². The minimum Gasteiger partial charge on any atom is -0.334 e. The number of nitrogens with one attached hydrogen (secondary N) is 2. The molecular weight excluding hydrogens is 246 g/mol. The highest BCUT2D eigenvalue weighted by Crippen LogP contribution is 2.09. The molecule has 0 saturated carbocycles. The molecule has 2 aromatic rings. The van der Waals surface area contributed by atoms with Crippen LogP contribution >= 0.6 is 0 Å². The number of anilines is 1. The Morgan fingerprint density at radius 3 is 3.00 bits per heavy atom. The van der Waals surface area contributed by atoms with E-state index in [1.165, 1.54) is 11.1 Å². The van der Waals surface area contributed by atoms with Crippen molar-refractivity contribution >= 4 is 11.7 Å². The molecule has 8 heteroatoms. The van der Waals surface area contributed by atoms with Crippen molar-refractivity contribution in [3.8, 4) is 0 Å². The quantitative estimate of drug-likeness (QED) is 0.530. The number of nitrogens with two attached hydrogens (primary N) is 1. The predicted octanol–water partition coefficient (Wildman–Crippen LogP) is 0.0659. The molecule has 8 nitrogen and oxygen atoms in total. The first-order chi connectivity index (χ1) is 9.10. The van der Waals surface area contributed by atoms with Crippen LogP contribution in [0.25, 0.3) is 0 Å². The number of aryl methyl sites for hydroxylation is 1. The second-order valence-electron chi connectivity index (χ2n) is 4.07. The van der Waals surface area contributed by atoms with E-state index in [1.54, 1.807) is 26.1 Å². The Labute approximate surface area is 110 Å². The molecular formula is C11H15N7O. The van der Waals surface area contributed by atoms with Gasteiger partial charge in [-0.1, -0.05) is 0 Å². The Kier molecular flexibility index (Phi) is 3.71. The van der Waals surface area contributed by atoms with Gasteiger partial charge in [-0.2, -0.15) is 5.10 Å². The number of H-pyrrole nitrogens is 1. The van der Waals surface area contributed by atoms with Crippen molar-refractivity contribution in [3.63, 3.8) is 0 Å². The lowest BCUT2D eigenvalue weighted by atomic mass is 10.2. The highest BCUT2D eigenvalue weighted by molar-refractivity contribution is 5.94. The van der Waals surface area contributed by atoms with E-state index in [4.69, 9.17) is 5.84 Å². The molecule has 2 rings (SSSR count). The van der Waals surface area contributed by atoms with Crippen molar-refractivity contribution in [2.24, 2.45) is 5.84 Å². The van der Waals surface area contributed by atoms with Crippen molar-refractivity contribution in [1.82, 2.24) is 25.1 Å². The maximum absolute atomic E-state index is 12.2. The third kappa shape index (κ3) is 3.05. The minimum absolute atomic E-state index is 0.152. The number of aromatic amines is 1. The van der Waals surface area contributed by atoms with E-state index in [9.17, 15) is 4.79 Å². The molecule has 2 aromatic heterocycles. The number of nitrogen functional groups attached to an aromatic ring is 1. The normalized spacial score (nSPS) is 10.3. The zero-order chi connectivity index (χ0) is 13.8. The molecule has 2 heterocycles. The summed E-state index contributed by atoms with van der Waals surface area (Å²) in [5, 5.41) is 6.73. The number of hydrogen-bond donors (Lipinski definition) is 3. The second kappa shape index (κ2) is 5.44. The molecule has 4 N–H and O–H groups in total. The molecule has 0 spiro atoms. The first-order valence-corrected chi connectivity index (χ1v) is 5.66. The van der Waals surface area contributed by atoms with E-state index in [0.29, 0.717) is 23.8 Å². The Morgan fingerprint density at radius 2 is 2.37 bits per heavy atom. The Bertz CT molecular complexity index is 580. The van der Waals surface area contributed by atoms with Gasteiger partial charge in [-0.25, -0.2) is 15.8 Å². The standard InChI is InChI=1S/C11H15N7O/c1-7-14-10(17-16-7)6-18(2)11(19)8-3-4-13-9(5-8)15-12/h3-5H,6,12H2,1-2H3,(H,13,15)(H,14,16,17). The SMILES string of the molecule is Cc1nc(CN(C)C(=O)c2ccnc(NN)c2)n[nH]1. The van der Waals surface area contributed by atoms with E-state index >= 15 is 0 Å². The first-order valence-electron chi connectivity index (χ1n) is 5.66. The van der Waals surface area contributed by atoms with Crippen LogP contribution in [0.3, 0.4) is 0 Å². The molecule has 0 unspecified atom stereocenters. The van der Waals surface area contributed by atoms with Gasteiger partial charge >= 0.3 is 0 Å². The van der Waals surface area contributed by atoms with E-state index in [-0.39, 0.29) is 5.91 Å². The summed E-state index contributed by atoms with van der Waals surface area (Å²) in [7, 11) is 1.68. The number of carbonyl (C=O) groups excluding carboxylic acids is 1. The molecule has 0 fully saturated rings. The summed E-state index contributed by atoms with van der Waals surface area (Å²) in [6.45, 7) is 2.14. The monoisotopic (exact) mass is 261 g/mol. The smallest absolute Gasteiger partial charge is 0.254 e. The van der Waals surface area contributed by atoms with Gasteiger partial charge < -0.3 is 10.3 Å². The van der Waals surface area contributed by atoms with E-state index in [0.717, 1.165) is 5.82 Å². The molecule has 0 aromatic carbocycles. The van der Waals surface area contributed by atoms with Crippen molar-refractivity contribution in [2.45, 2.75) is 13.5 Å². The number of pyridine rings is 1. The van der Waals surface area contributed by atoms with Crippen LogP contribution in [0.1, 0.15) is 22.0 Å². The maximum Gasteiger partial charge on any atom is 0.254 e. The highest BCUT2D eigenvalue weighted by Gasteiger charge is 2.14. The summed E-state index contributed by atoms with van der Waals surface area (Å²) in [6.07, 6.45) is 1.52. The second-order valence-corrected chi connectivity index (χ2v) is 4.07. The number of carbonyl (C=O) groups is 1. The molecule has 0 aliphatic heterocycles. The van der Waals surface area contributed by atoms with E-state index < -0.39 is 0 Å². The average molecular weight is 261 g/mol. The van der Waals surface area contributed by atoms with Gasteiger partial charge in [0.15, 0.2) is 5.82 Å². The van der Waals surface area contributed by atoms with Crippen LogP contribution in [-0.2, 0) is 6.54 Å². The summed E-state index contributed by atoms with van der Waals surface area (Å²) in [5.74, 6) is 6.83. The van der Waals surface area contributed by atoms with Crippen LogP contribution in [0.5, 0.6) is 0 Å². The summed E-state index contributed by atoms with van der Waals surface area (Å²) >= 11 is 0. The van der Waals surface area contributed by atoms with Gasteiger partial charge in [-0.3, -0.25) is 9.89 Å². The number of aromatic nitrogens is 4. The van der Waals surface area contributed by atoms with Crippen LogP contribution in [-0.4, -0.2) is 38.0 Å². The maximum atomic E-state index is 12.2. The summed E-state index contributed by atoms with van der Waals surface area (Å²) in [5.41, 5.74) is 2.90. The van der Waals surface area contributed by atoms with Gasteiger partial charge in [0, 0.05) is 18.8 Å². The third-order valence-corrected chi connectivity index (χ3v) is 2.52. The third-order valence-electron chi connectivity index (χ3n) is 2.52. The molecule has 100 valence electrons.